The second kappa shape index (κ2) is 7.92. The maximum atomic E-state index is 5.54. The van der Waals surface area contributed by atoms with Crippen LogP contribution in [0, 0.1) is 6.92 Å². The number of hydrogen-bond acceptors (Lipinski definition) is 2. The average Bonchev–Trinajstić information content (AvgIpc) is 2.21. The van der Waals surface area contributed by atoms with Gasteiger partial charge in [0, 0.05) is 0 Å². The van der Waals surface area contributed by atoms with Gasteiger partial charge in [0.15, 0.2) is 0 Å². The van der Waals surface area contributed by atoms with Crippen LogP contribution < -0.4 is 4.74 Å². The van der Waals surface area contributed by atoms with Crippen molar-refractivity contribution in [1.82, 2.24) is 0 Å². The van der Waals surface area contributed by atoms with Crippen LogP contribution in [0.2, 0.25) is 0 Å². The summed E-state index contributed by atoms with van der Waals surface area (Å²) >= 11 is 0. The minimum Gasteiger partial charge on any atom is -0.505 e. The molecule has 2 nitrogen and oxygen atoms in total. The van der Waals surface area contributed by atoms with Crippen LogP contribution in [0.1, 0.15) is 19.4 Å². The molecular formula is C13H20O2. The molecule has 0 aromatic heterocycles. The Morgan fingerprint density at radius 2 is 1.80 bits per heavy atom. The fourth-order valence-corrected chi connectivity index (χ4v) is 0.943. The predicted molar refractivity (Wildman–Crippen MR) is 64.1 cm³/mol. The molecule has 0 aliphatic rings. The van der Waals surface area contributed by atoms with Gasteiger partial charge in [0.25, 0.3) is 0 Å². The molecule has 0 saturated heterocycles. The van der Waals surface area contributed by atoms with E-state index in [0.29, 0.717) is 0 Å². The first kappa shape index (κ1) is 13.6. The van der Waals surface area contributed by atoms with Crippen LogP contribution in [0.3, 0.4) is 0 Å². The number of aryl methyl sites for hydroxylation is 1. The first-order valence-corrected chi connectivity index (χ1v) is 4.97. The maximum absolute atomic E-state index is 5.54. The van der Waals surface area contributed by atoms with E-state index in [1.807, 2.05) is 32.0 Å². The van der Waals surface area contributed by atoms with E-state index in [1.54, 1.807) is 7.11 Å². The number of benzene rings is 1. The van der Waals surface area contributed by atoms with Gasteiger partial charge in [0.2, 0.25) is 0 Å². The van der Waals surface area contributed by atoms with Crippen molar-refractivity contribution >= 4 is 0 Å². The Kier molecular flexibility index (Phi) is 7.16. The van der Waals surface area contributed by atoms with Gasteiger partial charge in [-0.3, -0.25) is 0 Å². The van der Waals surface area contributed by atoms with Crippen LogP contribution in [-0.4, -0.2) is 13.2 Å². The van der Waals surface area contributed by atoms with E-state index in [1.165, 1.54) is 11.8 Å². The minimum atomic E-state index is 0.260. The Bertz CT molecular complexity index is 280. The fourth-order valence-electron chi connectivity index (χ4n) is 0.943. The standard InChI is InChI=1S/C10H14O.C3H6O/c1-8(2)11-10-7-5-4-6-9(10)3;1-3-4-2/h4-8H,1-3H3;3H,1H2,2H3. The molecule has 0 amide bonds. The molecule has 1 aromatic carbocycles. The summed E-state index contributed by atoms with van der Waals surface area (Å²) in [5, 5.41) is 0. The summed E-state index contributed by atoms with van der Waals surface area (Å²) in [4.78, 5) is 0. The van der Waals surface area contributed by atoms with Gasteiger partial charge < -0.3 is 9.47 Å². The third-order valence-corrected chi connectivity index (χ3v) is 1.62. The largest absolute Gasteiger partial charge is 0.505 e. The molecule has 0 heterocycles. The second-order valence-corrected chi connectivity index (χ2v) is 3.33. The highest BCUT2D eigenvalue weighted by Gasteiger charge is 1.98. The van der Waals surface area contributed by atoms with Gasteiger partial charge in [-0.2, -0.15) is 0 Å². The van der Waals surface area contributed by atoms with Crippen molar-refractivity contribution in [1.29, 1.82) is 0 Å². The van der Waals surface area contributed by atoms with Gasteiger partial charge in [-0.25, -0.2) is 0 Å². The highest BCUT2D eigenvalue weighted by molar-refractivity contribution is 5.31. The molecule has 0 spiro atoms. The van der Waals surface area contributed by atoms with Gasteiger partial charge in [0.1, 0.15) is 5.75 Å². The molecule has 0 saturated carbocycles. The van der Waals surface area contributed by atoms with Crippen LogP contribution in [0.15, 0.2) is 37.1 Å². The molecule has 0 atom stereocenters. The Labute approximate surface area is 92.5 Å². The Hall–Kier alpha value is -1.44. The molecule has 1 aromatic rings. The van der Waals surface area contributed by atoms with Gasteiger partial charge in [-0.1, -0.05) is 24.8 Å². The summed E-state index contributed by atoms with van der Waals surface area (Å²) in [6.45, 7) is 9.38. The second-order valence-electron chi connectivity index (χ2n) is 3.33. The molecule has 0 aliphatic heterocycles. The Morgan fingerprint density at radius 3 is 2.20 bits per heavy atom. The Balaban J connectivity index is 0.000000423. The monoisotopic (exact) mass is 208 g/mol. The van der Waals surface area contributed by atoms with E-state index in [4.69, 9.17) is 4.74 Å². The zero-order chi connectivity index (χ0) is 11.7. The molecule has 0 bridgehead atoms. The summed E-state index contributed by atoms with van der Waals surface area (Å²) in [6.07, 6.45) is 1.64. The van der Waals surface area contributed by atoms with Gasteiger partial charge >= 0.3 is 0 Å². The smallest absolute Gasteiger partial charge is 0.122 e. The molecule has 84 valence electrons. The molecular weight excluding hydrogens is 188 g/mol. The number of para-hydroxylation sites is 1. The fraction of sp³-hybridized carbons (Fsp3) is 0.385. The number of hydrogen-bond donors (Lipinski definition) is 0. The van der Waals surface area contributed by atoms with E-state index in [0.717, 1.165) is 5.75 Å². The van der Waals surface area contributed by atoms with Crippen molar-refractivity contribution in [2.24, 2.45) is 0 Å². The molecule has 0 unspecified atom stereocenters. The van der Waals surface area contributed by atoms with Crippen molar-refractivity contribution in [3.8, 4) is 5.75 Å². The lowest BCUT2D eigenvalue weighted by Crippen LogP contribution is -2.06. The first-order valence-electron chi connectivity index (χ1n) is 4.97. The van der Waals surface area contributed by atoms with E-state index in [2.05, 4.69) is 24.3 Å². The van der Waals surface area contributed by atoms with Crippen LogP contribution >= 0.6 is 0 Å². The Morgan fingerprint density at radius 1 is 1.27 bits per heavy atom. The van der Waals surface area contributed by atoms with Crippen LogP contribution in [0.25, 0.3) is 0 Å². The summed E-state index contributed by atoms with van der Waals surface area (Å²) in [5.41, 5.74) is 1.20. The van der Waals surface area contributed by atoms with Crippen molar-refractivity contribution in [3.63, 3.8) is 0 Å². The highest BCUT2D eigenvalue weighted by Crippen LogP contribution is 2.17. The highest BCUT2D eigenvalue weighted by atomic mass is 16.5. The summed E-state index contributed by atoms with van der Waals surface area (Å²) in [7, 11) is 1.56. The molecule has 15 heavy (non-hydrogen) atoms. The number of rotatable bonds is 3. The third kappa shape index (κ3) is 6.61. The molecule has 1 rings (SSSR count). The normalized spacial score (nSPS) is 8.87. The van der Waals surface area contributed by atoms with Gasteiger partial charge in [0.05, 0.1) is 19.5 Å². The molecule has 0 N–H and O–H groups in total. The maximum Gasteiger partial charge on any atom is 0.122 e. The van der Waals surface area contributed by atoms with Crippen molar-refractivity contribution in [2.75, 3.05) is 7.11 Å². The lowest BCUT2D eigenvalue weighted by atomic mass is 10.2. The lowest BCUT2D eigenvalue weighted by molar-refractivity contribution is 0.241. The zero-order valence-electron chi connectivity index (χ0n) is 9.99. The topological polar surface area (TPSA) is 18.5 Å². The molecule has 0 radical (unpaired) electrons. The van der Waals surface area contributed by atoms with E-state index >= 15 is 0 Å². The number of ether oxygens (including phenoxy) is 2. The van der Waals surface area contributed by atoms with Crippen molar-refractivity contribution < 1.29 is 9.47 Å². The quantitative estimate of drug-likeness (QED) is 0.707. The summed E-state index contributed by atoms with van der Waals surface area (Å²) in [6, 6.07) is 8.06. The summed E-state index contributed by atoms with van der Waals surface area (Å²) in [5.74, 6) is 0.988. The van der Waals surface area contributed by atoms with Crippen molar-refractivity contribution in [3.05, 3.63) is 42.7 Å². The molecule has 0 fully saturated rings. The van der Waals surface area contributed by atoms with Crippen LogP contribution in [0.5, 0.6) is 5.75 Å². The minimum absolute atomic E-state index is 0.260. The van der Waals surface area contributed by atoms with E-state index in [-0.39, 0.29) is 6.10 Å². The van der Waals surface area contributed by atoms with E-state index in [9.17, 15) is 0 Å². The average molecular weight is 208 g/mol. The first-order chi connectivity index (χ1) is 7.11. The molecule has 0 aliphatic carbocycles. The van der Waals surface area contributed by atoms with Gasteiger partial charge in [-0.05, 0) is 32.4 Å². The van der Waals surface area contributed by atoms with Crippen molar-refractivity contribution in [2.45, 2.75) is 26.9 Å². The lowest BCUT2D eigenvalue weighted by Gasteiger charge is -2.11. The van der Waals surface area contributed by atoms with Crippen LogP contribution in [-0.2, 0) is 4.74 Å². The SMILES string of the molecule is C=COC.Cc1ccccc1OC(C)C. The summed E-state index contributed by atoms with van der Waals surface area (Å²) < 4.78 is 9.85. The van der Waals surface area contributed by atoms with Crippen LogP contribution in [0.4, 0.5) is 0 Å². The molecule has 2 heteroatoms. The van der Waals surface area contributed by atoms with Gasteiger partial charge in [-0.15, -0.1) is 0 Å². The zero-order valence-corrected chi connectivity index (χ0v) is 9.99. The number of methoxy groups -OCH3 is 1. The van der Waals surface area contributed by atoms with E-state index < -0.39 is 0 Å². The predicted octanol–water partition coefficient (Wildman–Crippen LogP) is 3.56. The third-order valence-electron chi connectivity index (χ3n) is 1.62.